The monoisotopic (exact) mass is 337 g/mol. The Bertz CT molecular complexity index is 555. The molecule has 1 heterocycles. The molecular formula is C16H20BrNS. The third kappa shape index (κ3) is 3.10. The maximum absolute atomic E-state index is 3.63. The molecule has 3 heteroatoms. The fraction of sp³-hybridized carbons (Fsp3) is 0.375. The molecule has 0 aliphatic rings. The third-order valence-corrected chi connectivity index (χ3v) is 5.73. The molecular weight excluding hydrogens is 318 g/mol. The van der Waals surface area contributed by atoms with Gasteiger partial charge in [0.15, 0.2) is 0 Å². The van der Waals surface area contributed by atoms with Crippen LogP contribution >= 0.6 is 27.3 Å². The molecule has 0 aliphatic heterocycles. The summed E-state index contributed by atoms with van der Waals surface area (Å²) in [7, 11) is 0. The summed E-state index contributed by atoms with van der Waals surface area (Å²) in [6.07, 6.45) is 0. The fourth-order valence-electron chi connectivity index (χ4n) is 2.28. The largest absolute Gasteiger partial charge is 0.306 e. The summed E-state index contributed by atoms with van der Waals surface area (Å²) < 4.78 is 1.23. The first kappa shape index (κ1) is 14.8. The average Bonchev–Trinajstić information content (AvgIpc) is 2.70. The number of benzene rings is 1. The summed E-state index contributed by atoms with van der Waals surface area (Å²) in [5, 5.41) is 3.61. The number of hydrogen-bond acceptors (Lipinski definition) is 2. The van der Waals surface area contributed by atoms with Crippen molar-refractivity contribution >= 4 is 27.3 Å². The van der Waals surface area contributed by atoms with Crippen LogP contribution < -0.4 is 5.32 Å². The number of halogens is 1. The maximum Gasteiger partial charge on any atom is 0.0731 e. The first-order valence-electron chi connectivity index (χ1n) is 6.60. The summed E-state index contributed by atoms with van der Waals surface area (Å²) >= 11 is 5.46. The zero-order valence-corrected chi connectivity index (χ0v) is 14.3. The van der Waals surface area contributed by atoms with Crippen LogP contribution in [0, 0.1) is 20.8 Å². The van der Waals surface area contributed by atoms with Crippen LogP contribution in [0.3, 0.4) is 0 Å². The van der Waals surface area contributed by atoms with E-state index >= 15 is 0 Å². The van der Waals surface area contributed by atoms with E-state index in [0.29, 0.717) is 6.04 Å². The van der Waals surface area contributed by atoms with Gasteiger partial charge in [0.2, 0.25) is 0 Å². The van der Waals surface area contributed by atoms with Gasteiger partial charge in [0.1, 0.15) is 0 Å². The fourth-order valence-corrected chi connectivity index (χ4v) is 3.95. The second kappa shape index (κ2) is 6.21. The van der Waals surface area contributed by atoms with Crippen molar-refractivity contribution in [3.8, 4) is 0 Å². The molecule has 2 rings (SSSR count). The molecule has 0 spiro atoms. The van der Waals surface area contributed by atoms with Crippen LogP contribution in [0.4, 0.5) is 0 Å². The number of aryl methyl sites for hydroxylation is 2. The summed E-state index contributed by atoms with van der Waals surface area (Å²) in [5.74, 6) is 0. The Hall–Kier alpha value is -0.640. The molecule has 1 aromatic carbocycles. The van der Waals surface area contributed by atoms with Crippen molar-refractivity contribution < 1.29 is 0 Å². The van der Waals surface area contributed by atoms with Crippen molar-refractivity contribution in [1.29, 1.82) is 0 Å². The van der Waals surface area contributed by atoms with E-state index in [0.717, 1.165) is 6.54 Å². The van der Waals surface area contributed by atoms with Gasteiger partial charge in [-0.05, 0) is 71.6 Å². The lowest BCUT2D eigenvalue weighted by molar-refractivity contribution is 0.636. The zero-order valence-electron chi connectivity index (χ0n) is 11.9. The minimum Gasteiger partial charge on any atom is -0.306 e. The first-order chi connectivity index (χ1) is 9.04. The Morgan fingerprint density at radius 1 is 1.21 bits per heavy atom. The number of hydrogen-bond donors (Lipinski definition) is 1. The van der Waals surface area contributed by atoms with Gasteiger partial charge in [-0.3, -0.25) is 0 Å². The van der Waals surface area contributed by atoms with Crippen molar-refractivity contribution in [3.05, 3.63) is 55.2 Å². The normalized spacial score (nSPS) is 12.7. The summed E-state index contributed by atoms with van der Waals surface area (Å²) in [4.78, 5) is 1.37. The summed E-state index contributed by atoms with van der Waals surface area (Å²) in [6.45, 7) is 9.67. The topological polar surface area (TPSA) is 12.0 Å². The minimum absolute atomic E-state index is 0.292. The second-order valence-corrected chi connectivity index (χ2v) is 7.29. The smallest absolute Gasteiger partial charge is 0.0731 e. The highest BCUT2D eigenvalue weighted by Gasteiger charge is 2.18. The van der Waals surface area contributed by atoms with Gasteiger partial charge in [0.25, 0.3) is 0 Å². The molecule has 0 radical (unpaired) electrons. The Kier molecular flexibility index (Phi) is 4.82. The van der Waals surface area contributed by atoms with E-state index in [1.807, 2.05) is 11.3 Å². The van der Waals surface area contributed by atoms with Gasteiger partial charge in [-0.15, -0.1) is 11.3 Å². The number of thiophene rings is 1. The quantitative estimate of drug-likeness (QED) is 0.814. The second-order valence-electron chi connectivity index (χ2n) is 4.89. The van der Waals surface area contributed by atoms with Gasteiger partial charge in [-0.25, -0.2) is 0 Å². The molecule has 102 valence electrons. The van der Waals surface area contributed by atoms with Crippen LogP contribution in [0.25, 0.3) is 0 Å². The summed E-state index contributed by atoms with van der Waals surface area (Å²) in [6, 6.07) is 9.14. The van der Waals surface area contributed by atoms with E-state index in [-0.39, 0.29) is 0 Å². The van der Waals surface area contributed by atoms with Crippen LogP contribution in [0.1, 0.15) is 40.1 Å². The van der Waals surface area contributed by atoms with Gasteiger partial charge in [-0.2, -0.15) is 0 Å². The molecule has 19 heavy (non-hydrogen) atoms. The van der Waals surface area contributed by atoms with E-state index in [1.54, 1.807) is 0 Å². The van der Waals surface area contributed by atoms with Crippen molar-refractivity contribution in [2.24, 2.45) is 0 Å². The molecule has 1 unspecified atom stereocenters. The van der Waals surface area contributed by atoms with Gasteiger partial charge >= 0.3 is 0 Å². The molecule has 0 saturated heterocycles. The van der Waals surface area contributed by atoms with Crippen LogP contribution in [0.2, 0.25) is 0 Å². The van der Waals surface area contributed by atoms with Crippen LogP contribution in [0.5, 0.6) is 0 Å². The molecule has 0 amide bonds. The Morgan fingerprint density at radius 2 is 1.95 bits per heavy atom. The van der Waals surface area contributed by atoms with Crippen LogP contribution in [0.15, 0.2) is 28.1 Å². The SMILES string of the molecule is CCNC(c1cc(C)c(Br)s1)c1cccc(C)c1C. The average molecular weight is 338 g/mol. The molecule has 1 aromatic heterocycles. The lowest BCUT2D eigenvalue weighted by atomic mass is 9.96. The summed E-state index contributed by atoms with van der Waals surface area (Å²) in [5.41, 5.74) is 5.44. The molecule has 0 aliphatic carbocycles. The van der Waals surface area contributed by atoms with E-state index in [4.69, 9.17) is 0 Å². The van der Waals surface area contributed by atoms with Crippen molar-refractivity contribution in [1.82, 2.24) is 5.32 Å². The predicted molar refractivity (Wildman–Crippen MR) is 88.2 cm³/mol. The Labute approximate surface area is 128 Å². The molecule has 0 bridgehead atoms. The van der Waals surface area contributed by atoms with Crippen molar-refractivity contribution in [3.63, 3.8) is 0 Å². The highest BCUT2D eigenvalue weighted by Crippen LogP contribution is 2.35. The number of nitrogens with one attached hydrogen (secondary N) is 1. The van der Waals surface area contributed by atoms with Crippen LogP contribution in [-0.4, -0.2) is 6.54 Å². The van der Waals surface area contributed by atoms with E-state index in [2.05, 4.69) is 73.2 Å². The predicted octanol–water partition coefficient (Wildman–Crippen LogP) is 5.13. The zero-order chi connectivity index (χ0) is 14.0. The molecule has 1 N–H and O–H groups in total. The van der Waals surface area contributed by atoms with Crippen LogP contribution in [-0.2, 0) is 0 Å². The van der Waals surface area contributed by atoms with Gasteiger partial charge < -0.3 is 5.32 Å². The molecule has 0 saturated carbocycles. The standard InChI is InChI=1S/C16H20BrNS/c1-5-18-15(14-9-11(3)16(17)19-14)13-8-6-7-10(2)12(13)4/h6-9,15,18H,5H2,1-4H3. The Morgan fingerprint density at radius 3 is 2.53 bits per heavy atom. The van der Waals surface area contributed by atoms with Crippen molar-refractivity contribution in [2.45, 2.75) is 33.7 Å². The molecule has 2 aromatic rings. The van der Waals surface area contributed by atoms with E-state index in [9.17, 15) is 0 Å². The minimum atomic E-state index is 0.292. The highest BCUT2D eigenvalue weighted by molar-refractivity contribution is 9.11. The number of rotatable bonds is 4. The lowest BCUT2D eigenvalue weighted by Gasteiger charge is -2.20. The van der Waals surface area contributed by atoms with E-state index in [1.165, 1.54) is 30.9 Å². The highest BCUT2D eigenvalue weighted by atomic mass is 79.9. The van der Waals surface area contributed by atoms with Gasteiger partial charge in [0, 0.05) is 4.88 Å². The van der Waals surface area contributed by atoms with Gasteiger partial charge in [0.05, 0.1) is 9.83 Å². The van der Waals surface area contributed by atoms with Crippen molar-refractivity contribution in [2.75, 3.05) is 6.54 Å². The first-order valence-corrected chi connectivity index (χ1v) is 8.20. The van der Waals surface area contributed by atoms with E-state index < -0.39 is 0 Å². The molecule has 0 fully saturated rings. The lowest BCUT2D eigenvalue weighted by Crippen LogP contribution is -2.22. The van der Waals surface area contributed by atoms with Gasteiger partial charge in [-0.1, -0.05) is 25.1 Å². The maximum atomic E-state index is 3.63. The Balaban J connectivity index is 2.48. The third-order valence-electron chi connectivity index (χ3n) is 3.53. The molecule has 1 atom stereocenters. The molecule has 1 nitrogen and oxygen atoms in total.